The van der Waals surface area contributed by atoms with E-state index in [0.29, 0.717) is 30.8 Å². The Kier molecular flexibility index (Phi) is 6.70. The molecule has 0 fully saturated rings. The van der Waals surface area contributed by atoms with Crippen molar-refractivity contribution in [1.82, 2.24) is 19.8 Å². The summed E-state index contributed by atoms with van der Waals surface area (Å²) >= 11 is 6.07. The number of carbonyl (C=O) groups excluding carboxylic acids is 1. The van der Waals surface area contributed by atoms with Crippen LogP contribution in [-0.2, 0) is 13.1 Å². The van der Waals surface area contributed by atoms with Crippen molar-refractivity contribution in [3.63, 3.8) is 0 Å². The minimum absolute atomic E-state index is 0.180. The van der Waals surface area contributed by atoms with E-state index in [2.05, 4.69) is 24.1 Å². The Morgan fingerprint density at radius 1 is 1.44 bits per heavy atom. The molecule has 0 unspecified atom stereocenters. The van der Waals surface area contributed by atoms with Crippen molar-refractivity contribution in [3.05, 3.63) is 47.0 Å². The zero-order valence-corrected chi connectivity index (χ0v) is 15.9. The van der Waals surface area contributed by atoms with Gasteiger partial charge in [0.15, 0.2) is 0 Å². The number of rotatable bonds is 7. The molecular formula is C18H25ClN4O2. The van der Waals surface area contributed by atoms with Gasteiger partial charge in [-0.1, -0.05) is 11.6 Å². The van der Waals surface area contributed by atoms with Crippen molar-refractivity contribution < 1.29 is 9.53 Å². The average molecular weight is 365 g/mol. The van der Waals surface area contributed by atoms with Crippen LogP contribution in [0.2, 0.25) is 5.02 Å². The van der Waals surface area contributed by atoms with Gasteiger partial charge in [-0.3, -0.25) is 0 Å². The maximum absolute atomic E-state index is 12.4. The number of nitrogens with one attached hydrogen (secondary N) is 1. The zero-order chi connectivity index (χ0) is 18.4. The second-order valence-electron chi connectivity index (χ2n) is 6.04. The highest BCUT2D eigenvalue weighted by Gasteiger charge is 2.14. The van der Waals surface area contributed by atoms with Gasteiger partial charge in [0, 0.05) is 36.1 Å². The summed E-state index contributed by atoms with van der Waals surface area (Å²) < 4.78 is 7.64. The van der Waals surface area contributed by atoms with Crippen LogP contribution in [0.4, 0.5) is 4.79 Å². The first-order chi connectivity index (χ1) is 11.9. The number of imidazole rings is 1. The highest BCUT2D eigenvalue weighted by Crippen LogP contribution is 2.24. The molecule has 0 saturated carbocycles. The van der Waals surface area contributed by atoms with Crippen molar-refractivity contribution in [1.29, 1.82) is 0 Å². The summed E-state index contributed by atoms with van der Waals surface area (Å²) in [6.07, 6.45) is 3.65. The second-order valence-corrected chi connectivity index (χ2v) is 6.48. The third-order valence-corrected chi connectivity index (χ3v) is 4.01. The molecule has 25 heavy (non-hydrogen) atoms. The molecule has 0 saturated heterocycles. The van der Waals surface area contributed by atoms with Gasteiger partial charge in [-0.2, -0.15) is 0 Å². The van der Waals surface area contributed by atoms with Crippen LogP contribution in [0.3, 0.4) is 0 Å². The summed E-state index contributed by atoms with van der Waals surface area (Å²) in [6.45, 7) is 7.41. The van der Waals surface area contributed by atoms with E-state index in [1.54, 1.807) is 24.2 Å². The lowest BCUT2D eigenvalue weighted by molar-refractivity contribution is 0.205. The summed E-state index contributed by atoms with van der Waals surface area (Å²) in [7, 11) is 1.74. The van der Waals surface area contributed by atoms with E-state index < -0.39 is 0 Å². The first-order valence-electron chi connectivity index (χ1n) is 8.34. The fraction of sp³-hybridized carbons (Fsp3) is 0.444. The zero-order valence-electron chi connectivity index (χ0n) is 15.1. The number of halogens is 1. The molecule has 0 spiro atoms. The molecule has 2 amide bonds. The largest absolute Gasteiger partial charge is 0.494 e. The number of nitrogens with zero attached hydrogens (tertiary/aromatic N) is 3. The Bertz CT molecular complexity index is 715. The van der Waals surface area contributed by atoms with Crippen LogP contribution in [0.15, 0.2) is 30.6 Å². The van der Waals surface area contributed by atoms with Gasteiger partial charge in [0.05, 0.1) is 19.7 Å². The van der Waals surface area contributed by atoms with E-state index in [-0.39, 0.29) is 6.03 Å². The van der Waals surface area contributed by atoms with Gasteiger partial charge in [-0.15, -0.1) is 0 Å². The minimum Gasteiger partial charge on any atom is -0.494 e. The molecule has 0 atom stereocenters. The van der Waals surface area contributed by atoms with Crippen LogP contribution in [-0.4, -0.2) is 34.1 Å². The molecule has 2 aromatic rings. The van der Waals surface area contributed by atoms with E-state index in [1.807, 2.05) is 29.8 Å². The van der Waals surface area contributed by atoms with Gasteiger partial charge in [0.2, 0.25) is 0 Å². The third-order valence-electron chi connectivity index (χ3n) is 3.78. The maximum Gasteiger partial charge on any atom is 0.317 e. The Balaban J connectivity index is 1.98. The molecule has 1 N–H and O–H groups in total. The van der Waals surface area contributed by atoms with Gasteiger partial charge in [0.25, 0.3) is 0 Å². The lowest BCUT2D eigenvalue weighted by Crippen LogP contribution is -2.37. The van der Waals surface area contributed by atoms with Crippen molar-refractivity contribution in [2.24, 2.45) is 0 Å². The lowest BCUT2D eigenvalue weighted by Gasteiger charge is -2.20. The smallest absolute Gasteiger partial charge is 0.317 e. The highest BCUT2D eigenvalue weighted by molar-refractivity contribution is 6.30. The first kappa shape index (κ1) is 19.1. The Morgan fingerprint density at radius 2 is 2.20 bits per heavy atom. The molecule has 1 aromatic heterocycles. The molecule has 0 radical (unpaired) electrons. The number of amides is 2. The second kappa shape index (κ2) is 8.76. The summed E-state index contributed by atoms with van der Waals surface area (Å²) in [4.78, 5) is 18.3. The topological polar surface area (TPSA) is 59.4 Å². The molecule has 0 aliphatic carbocycles. The molecular weight excluding hydrogens is 340 g/mol. The molecule has 0 aliphatic heterocycles. The normalized spacial score (nSPS) is 10.8. The molecule has 0 aliphatic rings. The molecule has 1 heterocycles. The van der Waals surface area contributed by atoms with Crippen LogP contribution in [0.1, 0.15) is 38.2 Å². The maximum atomic E-state index is 12.4. The van der Waals surface area contributed by atoms with Gasteiger partial charge in [-0.25, -0.2) is 9.78 Å². The van der Waals surface area contributed by atoms with Crippen molar-refractivity contribution in [2.75, 3.05) is 13.7 Å². The van der Waals surface area contributed by atoms with Crippen LogP contribution in [0.5, 0.6) is 5.75 Å². The fourth-order valence-electron chi connectivity index (χ4n) is 2.54. The number of ether oxygens (including phenoxy) is 1. The Morgan fingerprint density at radius 3 is 2.88 bits per heavy atom. The van der Waals surface area contributed by atoms with E-state index >= 15 is 0 Å². The van der Waals surface area contributed by atoms with Gasteiger partial charge < -0.3 is 19.5 Å². The summed E-state index contributed by atoms with van der Waals surface area (Å²) in [5.41, 5.74) is 0.871. The highest BCUT2D eigenvalue weighted by atomic mass is 35.5. The van der Waals surface area contributed by atoms with Gasteiger partial charge >= 0.3 is 6.03 Å². The first-order valence-corrected chi connectivity index (χ1v) is 8.72. The van der Waals surface area contributed by atoms with Crippen LogP contribution in [0.25, 0.3) is 0 Å². The molecule has 2 rings (SSSR count). The minimum atomic E-state index is -0.180. The standard InChI is InChI=1S/C18H25ClN4O2/c1-5-25-16-7-6-15(19)10-14(16)12-22(4)18(24)21-11-17-20-8-9-23(17)13(2)3/h6-10,13H,5,11-12H2,1-4H3,(H,21,24). The Labute approximate surface area is 153 Å². The van der Waals surface area contributed by atoms with E-state index in [4.69, 9.17) is 16.3 Å². The van der Waals surface area contributed by atoms with Gasteiger partial charge in [-0.05, 0) is 39.0 Å². The fourth-order valence-corrected chi connectivity index (χ4v) is 2.73. The number of hydrogen-bond acceptors (Lipinski definition) is 3. The molecule has 7 heteroatoms. The van der Waals surface area contributed by atoms with Crippen LogP contribution >= 0.6 is 11.6 Å². The molecule has 6 nitrogen and oxygen atoms in total. The lowest BCUT2D eigenvalue weighted by atomic mass is 10.2. The number of urea groups is 1. The quantitative estimate of drug-likeness (QED) is 0.811. The van der Waals surface area contributed by atoms with E-state index in [1.165, 1.54) is 0 Å². The van der Waals surface area contributed by atoms with Crippen LogP contribution in [0, 0.1) is 0 Å². The number of carbonyl (C=O) groups is 1. The molecule has 0 bridgehead atoms. The van der Waals surface area contributed by atoms with Crippen molar-refractivity contribution >= 4 is 17.6 Å². The molecule has 136 valence electrons. The predicted octanol–water partition coefficient (Wildman–Crippen LogP) is 3.86. The SMILES string of the molecule is CCOc1ccc(Cl)cc1CN(C)C(=O)NCc1nccn1C(C)C. The summed E-state index contributed by atoms with van der Waals surface area (Å²) in [5.74, 6) is 1.57. The monoisotopic (exact) mass is 364 g/mol. The number of aromatic nitrogens is 2. The predicted molar refractivity (Wildman–Crippen MR) is 98.9 cm³/mol. The average Bonchev–Trinajstić information content (AvgIpc) is 3.04. The number of hydrogen-bond donors (Lipinski definition) is 1. The van der Waals surface area contributed by atoms with Crippen molar-refractivity contribution in [3.8, 4) is 5.75 Å². The van der Waals surface area contributed by atoms with Crippen molar-refractivity contribution in [2.45, 2.75) is 39.9 Å². The van der Waals surface area contributed by atoms with Crippen LogP contribution < -0.4 is 10.1 Å². The third kappa shape index (κ3) is 5.13. The molecule has 1 aromatic carbocycles. The Hall–Kier alpha value is -2.21. The van der Waals surface area contributed by atoms with E-state index in [9.17, 15) is 4.79 Å². The van der Waals surface area contributed by atoms with E-state index in [0.717, 1.165) is 17.1 Å². The summed E-state index contributed by atoms with van der Waals surface area (Å²) in [6, 6.07) is 5.55. The number of benzene rings is 1. The van der Waals surface area contributed by atoms with Gasteiger partial charge in [0.1, 0.15) is 11.6 Å². The summed E-state index contributed by atoms with van der Waals surface area (Å²) in [5, 5.41) is 3.51.